The Hall–Kier alpha value is -0.0500. The Morgan fingerprint density at radius 2 is 2.33 bits per heavy atom. The molecule has 3 heteroatoms. The number of thiophene rings is 1. The van der Waals surface area contributed by atoms with Crippen LogP contribution in [0.5, 0.6) is 0 Å². The molecule has 0 bridgehead atoms. The van der Waals surface area contributed by atoms with Crippen LogP contribution in [0.4, 0.5) is 0 Å². The Morgan fingerprint density at radius 1 is 1.58 bits per heavy atom. The van der Waals surface area contributed by atoms with Gasteiger partial charge in [0.2, 0.25) is 0 Å². The van der Waals surface area contributed by atoms with E-state index in [9.17, 15) is 0 Å². The van der Waals surface area contributed by atoms with Crippen LogP contribution >= 0.6 is 23.7 Å². The molecule has 1 atom stereocenters. The van der Waals surface area contributed by atoms with E-state index < -0.39 is 0 Å². The molecule has 12 heavy (non-hydrogen) atoms. The predicted octanol–water partition coefficient (Wildman–Crippen LogP) is 2.77. The minimum atomic E-state index is 0. The molecule has 1 aromatic rings. The van der Waals surface area contributed by atoms with Crippen LogP contribution in [-0.2, 0) is 6.42 Å². The molecule has 1 fully saturated rings. The van der Waals surface area contributed by atoms with Crippen molar-refractivity contribution >= 4 is 23.7 Å². The van der Waals surface area contributed by atoms with Gasteiger partial charge >= 0.3 is 0 Å². The fraction of sp³-hybridized carbons (Fsp3) is 0.556. The highest BCUT2D eigenvalue weighted by Crippen LogP contribution is 2.29. The first kappa shape index (κ1) is 10.0. The summed E-state index contributed by atoms with van der Waals surface area (Å²) in [6.45, 7) is 3.41. The number of nitrogens with one attached hydrogen (secondary N) is 1. The molecule has 0 saturated carbocycles. The molecule has 1 aliphatic rings. The van der Waals surface area contributed by atoms with Gasteiger partial charge in [0.05, 0.1) is 0 Å². The van der Waals surface area contributed by atoms with Crippen LogP contribution in [0.25, 0.3) is 0 Å². The summed E-state index contributed by atoms with van der Waals surface area (Å²) in [6, 6.07) is 5.20. The van der Waals surface area contributed by atoms with Crippen molar-refractivity contribution in [2.24, 2.45) is 0 Å². The fourth-order valence-electron chi connectivity index (χ4n) is 1.30. The van der Waals surface area contributed by atoms with Crippen LogP contribution in [0, 0.1) is 0 Å². The Morgan fingerprint density at radius 3 is 2.75 bits per heavy atom. The van der Waals surface area contributed by atoms with E-state index in [1.54, 1.807) is 0 Å². The summed E-state index contributed by atoms with van der Waals surface area (Å²) in [7, 11) is 0. The van der Waals surface area contributed by atoms with E-state index in [0.717, 1.165) is 0 Å². The topological polar surface area (TPSA) is 12.0 Å². The van der Waals surface area contributed by atoms with Crippen LogP contribution in [0.15, 0.2) is 12.1 Å². The van der Waals surface area contributed by atoms with E-state index in [0.29, 0.717) is 6.04 Å². The number of hydrogen-bond donors (Lipinski definition) is 1. The molecule has 2 heterocycles. The molecule has 0 aliphatic carbocycles. The Balaban J connectivity index is 0.000000720. The third kappa shape index (κ3) is 1.82. The van der Waals surface area contributed by atoms with Crippen LogP contribution in [0.3, 0.4) is 0 Å². The summed E-state index contributed by atoms with van der Waals surface area (Å²) < 4.78 is 0. The van der Waals surface area contributed by atoms with Gasteiger partial charge in [0.15, 0.2) is 0 Å². The summed E-state index contributed by atoms with van der Waals surface area (Å²) in [4.78, 5) is 3.03. The van der Waals surface area contributed by atoms with Gasteiger partial charge in [-0.15, -0.1) is 23.7 Å². The lowest BCUT2D eigenvalue weighted by atomic mass is 10.1. The number of hydrogen-bond acceptors (Lipinski definition) is 2. The van der Waals surface area contributed by atoms with Gasteiger partial charge < -0.3 is 5.32 Å². The molecule has 1 aliphatic heterocycles. The highest BCUT2D eigenvalue weighted by molar-refractivity contribution is 7.12. The SMILES string of the molecule is CCc1ccc([C@H]2CCN2)s1.Cl. The highest BCUT2D eigenvalue weighted by Gasteiger charge is 2.19. The third-order valence-electron chi connectivity index (χ3n) is 2.20. The summed E-state index contributed by atoms with van der Waals surface area (Å²) in [5.41, 5.74) is 0. The van der Waals surface area contributed by atoms with Gasteiger partial charge in [-0.1, -0.05) is 6.92 Å². The van der Waals surface area contributed by atoms with E-state index in [1.807, 2.05) is 11.3 Å². The molecule has 0 unspecified atom stereocenters. The number of halogens is 1. The Labute approximate surface area is 83.6 Å². The maximum Gasteiger partial charge on any atom is 0.0427 e. The molecule has 68 valence electrons. The van der Waals surface area contributed by atoms with E-state index >= 15 is 0 Å². The van der Waals surface area contributed by atoms with Gasteiger partial charge in [-0.05, 0) is 31.5 Å². The molecule has 1 saturated heterocycles. The Kier molecular flexibility index (Phi) is 3.56. The zero-order chi connectivity index (χ0) is 7.68. The average Bonchev–Trinajstić information content (AvgIpc) is 2.32. The van der Waals surface area contributed by atoms with Crippen LogP contribution in [0.1, 0.15) is 29.1 Å². The van der Waals surface area contributed by atoms with Crippen molar-refractivity contribution < 1.29 is 0 Å². The molecule has 0 spiro atoms. The van der Waals surface area contributed by atoms with Gasteiger partial charge in [0.1, 0.15) is 0 Å². The normalized spacial score (nSPS) is 21.2. The van der Waals surface area contributed by atoms with Crippen molar-refractivity contribution in [3.05, 3.63) is 21.9 Å². The van der Waals surface area contributed by atoms with Gasteiger partial charge in [-0.25, -0.2) is 0 Å². The summed E-state index contributed by atoms with van der Waals surface area (Å²) in [6.07, 6.45) is 2.50. The minimum Gasteiger partial charge on any atom is -0.309 e. The van der Waals surface area contributed by atoms with Crippen molar-refractivity contribution in [2.75, 3.05) is 6.54 Å². The molecule has 2 rings (SSSR count). The predicted molar refractivity (Wildman–Crippen MR) is 56.3 cm³/mol. The molecule has 0 amide bonds. The minimum absolute atomic E-state index is 0. The van der Waals surface area contributed by atoms with Crippen LogP contribution in [-0.4, -0.2) is 6.54 Å². The van der Waals surface area contributed by atoms with Gasteiger partial charge in [0, 0.05) is 15.8 Å². The van der Waals surface area contributed by atoms with Crippen molar-refractivity contribution in [3.63, 3.8) is 0 Å². The summed E-state index contributed by atoms with van der Waals surface area (Å²) in [5.74, 6) is 0. The molecule has 0 aromatic carbocycles. The fourth-order valence-corrected chi connectivity index (χ4v) is 2.37. The molecule has 1 N–H and O–H groups in total. The maximum absolute atomic E-state index is 3.41. The first-order chi connectivity index (χ1) is 5.40. The Bertz CT molecular complexity index is 242. The zero-order valence-electron chi connectivity index (χ0n) is 7.17. The molecule has 0 radical (unpaired) electrons. The van der Waals surface area contributed by atoms with E-state index in [4.69, 9.17) is 0 Å². The lowest BCUT2D eigenvalue weighted by molar-refractivity contribution is 0.389. The monoisotopic (exact) mass is 203 g/mol. The second kappa shape index (κ2) is 4.26. The van der Waals surface area contributed by atoms with E-state index in [1.165, 1.54) is 29.1 Å². The zero-order valence-corrected chi connectivity index (χ0v) is 8.80. The third-order valence-corrected chi connectivity index (χ3v) is 3.54. The second-order valence-electron chi connectivity index (χ2n) is 2.95. The molecule has 1 aromatic heterocycles. The lowest BCUT2D eigenvalue weighted by Gasteiger charge is -2.26. The van der Waals surface area contributed by atoms with Crippen LogP contribution in [0.2, 0.25) is 0 Å². The first-order valence-corrected chi connectivity index (χ1v) is 5.04. The standard InChI is InChI=1S/C9H13NS.ClH/c1-2-7-3-4-9(11-7)8-5-6-10-8;/h3-4,8,10H,2,5-6H2,1H3;1H/t8-;/m1./s1. The second-order valence-corrected chi connectivity index (χ2v) is 4.15. The number of aryl methyl sites for hydroxylation is 1. The summed E-state index contributed by atoms with van der Waals surface area (Å²) in [5, 5.41) is 3.41. The van der Waals surface area contributed by atoms with Crippen LogP contribution < -0.4 is 5.32 Å². The molecular weight excluding hydrogens is 190 g/mol. The van der Waals surface area contributed by atoms with E-state index in [-0.39, 0.29) is 12.4 Å². The molecule has 1 nitrogen and oxygen atoms in total. The van der Waals surface area contributed by atoms with Gasteiger partial charge in [-0.2, -0.15) is 0 Å². The van der Waals surface area contributed by atoms with Crippen molar-refractivity contribution in [3.8, 4) is 0 Å². The van der Waals surface area contributed by atoms with Gasteiger partial charge in [-0.3, -0.25) is 0 Å². The van der Waals surface area contributed by atoms with Crippen molar-refractivity contribution in [2.45, 2.75) is 25.8 Å². The lowest BCUT2D eigenvalue weighted by Crippen LogP contribution is -2.34. The quantitative estimate of drug-likeness (QED) is 0.780. The van der Waals surface area contributed by atoms with Gasteiger partial charge in [0.25, 0.3) is 0 Å². The highest BCUT2D eigenvalue weighted by atomic mass is 35.5. The smallest absolute Gasteiger partial charge is 0.0427 e. The van der Waals surface area contributed by atoms with E-state index in [2.05, 4.69) is 24.4 Å². The van der Waals surface area contributed by atoms with Crippen molar-refractivity contribution in [1.82, 2.24) is 5.32 Å². The number of rotatable bonds is 2. The maximum atomic E-state index is 3.41. The summed E-state index contributed by atoms with van der Waals surface area (Å²) >= 11 is 1.95. The molecular formula is C9H14ClNS. The average molecular weight is 204 g/mol. The first-order valence-electron chi connectivity index (χ1n) is 4.22. The van der Waals surface area contributed by atoms with Crippen molar-refractivity contribution in [1.29, 1.82) is 0 Å². The largest absolute Gasteiger partial charge is 0.309 e.